The number of ketones is 1. The van der Waals surface area contributed by atoms with Crippen molar-refractivity contribution in [3.63, 3.8) is 0 Å². The monoisotopic (exact) mass is 267 g/mol. The Morgan fingerprint density at radius 3 is 2.44 bits per heavy atom. The van der Waals surface area contributed by atoms with Gasteiger partial charge >= 0.3 is 0 Å². The van der Waals surface area contributed by atoms with Gasteiger partial charge in [0, 0.05) is 17.4 Å². The van der Waals surface area contributed by atoms with E-state index >= 15 is 0 Å². The molecule has 1 rings (SSSR count). The van der Waals surface area contributed by atoms with E-state index in [1.165, 1.54) is 0 Å². The molecule has 0 aliphatic carbocycles. The first-order valence-corrected chi connectivity index (χ1v) is 6.85. The van der Waals surface area contributed by atoms with Crippen molar-refractivity contribution in [2.24, 2.45) is 0 Å². The molecule has 0 aliphatic heterocycles. The van der Waals surface area contributed by atoms with Gasteiger partial charge in [-0.25, -0.2) is 0 Å². The molecule has 1 aromatic carbocycles. The molecule has 0 heterocycles. The predicted octanol–water partition coefficient (Wildman–Crippen LogP) is 2.82. The lowest BCUT2D eigenvalue weighted by atomic mass is 10.0. The maximum atomic E-state index is 12.2. The van der Waals surface area contributed by atoms with E-state index in [-0.39, 0.29) is 17.1 Å². The van der Waals surface area contributed by atoms with E-state index in [2.05, 4.69) is 34.9 Å². The zero-order valence-corrected chi connectivity index (χ0v) is 12.7. The highest BCUT2D eigenvalue weighted by molar-refractivity contribution is 7.16. The average Bonchev–Trinajstić information content (AvgIpc) is 2.27. The fourth-order valence-electron chi connectivity index (χ4n) is 1.67. The number of hydrogen-bond acceptors (Lipinski definition) is 3. The summed E-state index contributed by atoms with van der Waals surface area (Å²) in [5, 5.41) is 9.46. The molecule has 1 atom stereocenters. The summed E-state index contributed by atoms with van der Waals surface area (Å²) in [6.45, 7) is 8.45. The van der Waals surface area contributed by atoms with Crippen LogP contribution in [0.1, 0.15) is 36.7 Å². The number of carbonyl (C=O) groups is 1. The molecule has 4 heteroatoms. The van der Waals surface area contributed by atoms with E-state index in [9.17, 15) is 9.90 Å². The van der Waals surface area contributed by atoms with Gasteiger partial charge in [-0.15, -0.1) is 9.24 Å². The Morgan fingerprint density at radius 1 is 1.39 bits per heavy atom. The first kappa shape index (κ1) is 15.1. The Labute approximate surface area is 111 Å². The van der Waals surface area contributed by atoms with Crippen LogP contribution in [0.3, 0.4) is 0 Å². The summed E-state index contributed by atoms with van der Waals surface area (Å²) in [4.78, 5) is 14.3. The Balaban J connectivity index is 2.85. The molecule has 3 nitrogen and oxygen atoms in total. The summed E-state index contributed by atoms with van der Waals surface area (Å²) in [7, 11) is 2.66. The normalized spacial score (nSPS) is 11.9. The van der Waals surface area contributed by atoms with Gasteiger partial charge in [-0.2, -0.15) is 0 Å². The van der Waals surface area contributed by atoms with Crippen LogP contribution >= 0.6 is 9.24 Å². The van der Waals surface area contributed by atoms with Gasteiger partial charge in [0.25, 0.3) is 0 Å². The van der Waals surface area contributed by atoms with Crippen LogP contribution in [0, 0.1) is 6.92 Å². The molecule has 100 valence electrons. The van der Waals surface area contributed by atoms with Gasteiger partial charge < -0.3 is 5.11 Å². The maximum Gasteiger partial charge on any atom is 0.176 e. The van der Waals surface area contributed by atoms with Gasteiger partial charge in [0.15, 0.2) is 5.78 Å². The number of hydrogen-bond donors (Lipinski definition) is 1. The van der Waals surface area contributed by atoms with E-state index < -0.39 is 0 Å². The number of aryl methyl sites for hydroxylation is 1. The lowest BCUT2D eigenvalue weighted by Gasteiger charge is -2.33. The molecule has 1 aromatic rings. The lowest BCUT2D eigenvalue weighted by molar-refractivity contribution is 0.0861. The van der Waals surface area contributed by atoms with Crippen LogP contribution in [-0.2, 0) is 0 Å². The number of phenolic OH excluding ortho intramolecular Hbond substituents is 1. The Kier molecular flexibility index (Phi) is 4.89. The first-order valence-electron chi connectivity index (χ1n) is 6.03. The third-order valence-electron chi connectivity index (χ3n) is 3.02. The molecule has 0 amide bonds. The number of rotatable bonds is 4. The smallest absolute Gasteiger partial charge is 0.176 e. The molecule has 1 unspecified atom stereocenters. The van der Waals surface area contributed by atoms with Gasteiger partial charge in [-0.05, 0) is 51.5 Å². The molecule has 0 saturated heterocycles. The van der Waals surface area contributed by atoms with Crippen LogP contribution in [0.25, 0.3) is 0 Å². The van der Waals surface area contributed by atoms with Crippen LogP contribution in [0.5, 0.6) is 5.75 Å². The van der Waals surface area contributed by atoms with Crippen molar-refractivity contribution in [3.05, 3.63) is 29.3 Å². The quantitative estimate of drug-likeness (QED) is 0.673. The van der Waals surface area contributed by atoms with Crippen LogP contribution in [-0.4, -0.2) is 34.2 Å². The van der Waals surface area contributed by atoms with Crippen LogP contribution < -0.4 is 0 Å². The summed E-state index contributed by atoms with van der Waals surface area (Å²) < 4.78 is 0. The van der Waals surface area contributed by atoms with Crippen molar-refractivity contribution < 1.29 is 9.90 Å². The minimum Gasteiger partial charge on any atom is -0.508 e. The first-order chi connectivity index (χ1) is 8.25. The predicted molar refractivity (Wildman–Crippen MR) is 78.2 cm³/mol. The van der Waals surface area contributed by atoms with Crippen LogP contribution in [0.2, 0.25) is 0 Å². The van der Waals surface area contributed by atoms with Crippen LogP contribution in [0.4, 0.5) is 0 Å². The molecule has 0 saturated carbocycles. The van der Waals surface area contributed by atoms with Gasteiger partial charge in [0.1, 0.15) is 5.75 Å². The molecular weight excluding hydrogens is 245 g/mol. The third kappa shape index (κ3) is 3.79. The van der Waals surface area contributed by atoms with Crippen molar-refractivity contribution in [3.8, 4) is 5.75 Å². The summed E-state index contributed by atoms with van der Waals surface area (Å²) >= 11 is 0. The van der Waals surface area contributed by atoms with E-state index in [1.807, 2.05) is 0 Å². The number of phenols is 1. The fourth-order valence-corrected chi connectivity index (χ4v) is 2.35. The van der Waals surface area contributed by atoms with Gasteiger partial charge in [-0.1, -0.05) is 0 Å². The van der Waals surface area contributed by atoms with Crippen molar-refractivity contribution in [1.82, 2.24) is 4.90 Å². The minimum absolute atomic E-state index is 0.0383. The Bertz CT molecular complexity index is 438. The van der Waals surface area contributed by atoms with Crippen LogP contribution in [0.15, 0.2) is 18.2 Å². The molecule has 0 spiro atoms. The van der Waals surface area contributed by atoms with Crippen molar-refractivity contribution in [2.75, 3.05) is 12.8 Å². The van der Waals surface area contributed by atoms with Gasteiger partial charge in [0.2, 0.25) is 0 Å². The molecule has 1 N–H and O–H groups in total. The maximum absolute atomic E-state index is 12.2. The van der Waals surface area contributed by atoms with E-state index in [0.29, 0.717) is 12.1 Å². The molecular formula is C14H22NO2P. The van der Waals surface area contributed by atoms with Crippen molar-refractivity contribution in [1.29, 1.82) is 0 Å². The topological polar surface area (TPSA) is 40.5 Å². The fraction of sp³-hybridized carbons (Fsp3) is 0.500. The second kappa shape index (κ2) is 5.81. The summed E-state index contributed by atoms with van der Waals surface area (Å²) in [6, 6.07) is 4.99. The molecule has 18 heavy (non-hydrogen) atoms. The highest BCUT2D eigenvalue weighted by Crippen LogP contribution is 2.19. The van der Waals surface area contributed by atoms with E-state index in [4.69, 9.17) is 0 Å². The van der Waals surface area contributed by atoms with Gasteiger partial charge in [-0.3, -0.25) is 9.69 Å². The van der Waals surface area contributed by atoms with E-state index in [1.54, 1.807) is 25.1 Å². The van der Waals surface area contributed by atoms with Crippen molar-refractivity contribution in [2.45, 2.75) is 33.2 Å². The number of aromatic hydroxyl groups is 1. The summed E-state index contributed by atoms with van der Waals surface area (Å²) in [5.41, 5.74) is 1.34. The average molecular weight is 267 g/mol. The number of carbonyl (C=O) groups excluding carboxylic acids is 1. The molecule has 0 aromatic heterocycles. The number of benzene rings is 1. The zero-order chi connectivity index (χ0) is 13.9. The molecule has 0 bridgehead atoms. The zero-order valence-electron chi connectivity index (χ0n) is 11.5. The van der Waals surface area contributed by atoms with Crippen molar-refractivity contribution >= 4 is 15.0 Å². The Hall–Kier alpha value is -0.920. The molecule has 0 radical (unpaired) electrons. The SMILES string of the molecule is Cc1cc(C(=O)CN(CP)C(C)(C)C)ccc1O. The minimum atomic E-state index is -0.0383. The van der Waals surface area contributed by atoms with E-state index in [0.717, 1.165) is 11.8 Å². The highest BCUT2D eigenvalue weighted by atomic mass is 31.0. The largest absolute Gasteiger partial charge is 0.508 e. The highest BCUT2D eigenvalue weighted by Gasteiger charge is 2.22. The number of Topliss-reactive ketones (excluding diaryl/α,β-unsaturated/α-hetero) is 1. The second-order valence-electron chi connectivity index (χ2n) is 5.48. The molecule has 0 aliphatic rings. The molecule has 0 fully saturated rings. The third-order valence-corrected chi connectivity index (χ3v) is 3.46. The lowest BCUT2D eigenvalue weighted by Crippen LogP contribution is -2.43. The second-order valence-corrected chi connectivity index (χ2v) is 5.84. The number of nitrogens with zero attached hydrogens (tertiary/aromatic N) is 1. The standard InChI is InChI=1S/C14H22NO2P/c1-10-7-11(5-6-12(10)16)13(17)8-15(9-18)14(2,3)4/h5-7,16H,8-9,18H2,1-4H3. The summed E-state index contributed by atoms with van der Waals surface area (Å²) in [5.74, 6) is 0.306. The summed E-state index contributed by atoms with van der Waals surface area (Å²) in [6.07, 6.45) is 0.756. The Morgan fingerprint density at radius 2 is 2.00 bits per heavy atom. The van der Waals surface area contributed by atoms with Gasteiger partial charge in [0.05, 0.1) is 6.54 Å².